The second-order valence-corrected chi connectivity index (χ2v) is 6.01. The molecule has 0 aliphatic carbocycles. The van der Waals surface area contributed by atoms with Gasteiger partial charge in [0.15, 0.2) is 0 Å². The summed E-state index contributed by atoms with van der Waals surface area (Å²) in [5.41, 5.74) is 0. The highest BCUT2D eigenvalue weighted by molar-refractivity contribution is 7.16. The van der Waals surface area contributed by atoms with E-state index in [9.17, 15) is 4.79 Å². The Kier molecular flexibility index (Phi) is 4.80. The van der Waals surface area contributed by atoms with Gasteiger partial charge in [0.25, 0.3) is 5.91 Å². The van der Waals surface area contributed by atoms with E-state index in [-0.39, 0.29) is 12.0 Å². The zero-order chi connectivity index (χ0) is 13.0. The molecule has 1 aliphatic heterocycles. The van der Waals surface area contributed by atoms with Crippen LogP contribution in [0.5, 0.6) is 0 Å². The Hall–Kier alpha value is -0.840. The predicted molar refractivity (Wildman–Crippen MR) is 73.9 cm³/mol. The van der Waals surface area contributed by atoms with Crippen LogP contribution in [0.3, 0.4) is 0 Å². The number of hydrogen-bond acceptors (Lipinski definition) is 3. The molecule has 2 heterocycles. The van der Waals surface area contributed by atoms with Crippen LogP contribution in [-0.2, 0) is 16.1 Å². The van der Waals surface area contributed by atoms with Crippen molar-refractivity contribution in [2.75, 3.05) is 13.2 Å². The van der Waals surface area contributed by atoms with Crippen molar-refractivity contribution in [3.05, 3.63) is 34.0 Å². The number of ether oxygens (including phenoxy) is 1. The largest absolute Gasteiger partial charge is 0.368 e. The van der Waals surface area contributed by atoms with Crippen LogP contribution in [-0.4, -0.2) is 30.1 Å². The Labute approximate surface area is 116 Å². The SMILES string of the molecule is C=CCN(Cc1ccc(Cl)s1)C(=O)C1CCCO1. The van der Waals surface area contributed by atoms with Crippen LogP contribution in [0.1, 0.15) is 17.7 Å². The first-order valence-corrected chi connectivity index (χ1v) is 7.15. The minimum atomic E-state index is -0.277. The van der Waals surface area contributed by atoms with E-state index in [0.29, 0.717) is 19.7 Å². The average Bonchev–Trinajstić information content (AvgIpc) is 2.99. The van der Waals surface area contributed by atoms with Gasteiger partial charge in [0.05, 0.1) is 10.9 Å². The third-order valence-electron chi connectivity index (χ3n) is 2.84. The summed E-state index contributed by atoms with van der Waals surface area (Å²) in [5.74, 6) is 0.0527. The maximum Gasteiger partial charge on any atom is 0.252 e. The van der Waals surface area contributed by atoms with E-state index in [1.165, 1.54) is 11.3 Å². The van der Waals surface area contributed by atoms with Crippen LogP contribution >= 0.6 is 22.9 Å². The van der Waals surface area contributed by atoms with Crippen LogP contribution in [0.4, 0.5) is 0 Å². The van der Waals surface area contributed by atoms with Crippen LogP contribution in [0.25, 0.3) is 0 Å². The number of thiophene rings is 1. The van der Waals surface area contributed by atoms with Gasteiger partial charge in [0.1, 0.15) is 6.10 Å². The van der Waals surface area contributed by atoms with Gasteiger partial charge in [-0.1, -0.05) is 17.7 Å². The van der Waals surface area contributed by atoms with E-state index in [2.05, 4.69) is 6.58 Å². The normalized spacial score (nSPS) is 18.8. The van der Waals surface area contributed by atoms with E-state index in [0.717, 1.165) is 22.1 Å². The second-order valence-electron chi connectivity index (χ2n) is 4.21. The van der Waals surface area contributed by atoms with Gasteiger partial charge in [0.2, 0.25) is 0 Å². The molecular formula is C13H16ClNO2S. The third kappa shape index (κ3) is 3.34. The Morgan fingerprint density at radius 1 is 1.67 bits per heavy atom. The van der Waals surface area contributed by atoms with Crippen molar-refractivity contribution in [3.8, 4) is 0 Å². The van der Waals surface area contributed by atoms with Crippen molar-refractivity contribution >= 4 is 28.8 Å². The standard InChI is InChI=1S/C13H16ClNO2S/c1-2-7-15(9-10-5-6-12(14)18-10)13(16)11-4-3-8-17-11/h2,5-6,11H,1,3-4,7-9H2. The number of nitrogens with zero attached hydrogens (tertiary/aromatic N) is 1. The van der Waals surface area contributed by atoms with E-state index in [1.54, 1.807) is 11.0 Å². The summed E-state index contributed by atoms with van der Waals surface area (Å²) in [6, 6.07) is 3.80. The van der Waals surface area contributed by atoms with E-state index in [1.807, 2.05) is 12.1 Å². The molecule has 2 rings (SSSR count). The van der Waals surface area contributed by atoms with Gasteiger partial charge in [0, 0.05) is 18.0 Å². The lowest BCUT2D eigenvalue weighted by Crippen LogP contribution is -2.38. The monoisotopic (exact) mass is 285 g/mol. The average molecular weight is 286 g/mol. The number of carbonyl (C=O) groups excluding carboxylic acids is 1. The van der Waals surface area contributed by atoms with Crippen LogP contribution in [0, 0.1) is 0 Å². The van der Waals surface area contributed by atoms with Crippen molar-refractivity contribution in [2.45, 2.75) is 25.5 Å². The molecule has 5 heteroatoms. The highest BCUT2D eigenvalue weighted by Gasteiger charge is 2.27. The fourth-order valence-corrected chi connectivity index (χ4v) is 3.09. The molecular weight excluding hydrogens is 270 g/mol. The summed E-state index contributed by atoms with van der Waals surface area (Å²) >= 11 is 7.40. The predicted octanol–water partition coefficient (Wildman–Crippen LogP) is 3.10. The quantitative estimate of drug-likeness (QED) is 0.778. The zero-order valence-corrected chi connectivity index (χ0v) is 11.7. The minimum absolute atomic E-state index is 0.0527. The molecule has 1 aliphatic rings. The van der Waals surface area contributed by atoms with Crippen molar-refractivity contribution in [1.82, 2.24) is 4.90 Å². The van der Waals surface area contributed by atoms with Gasteiger partial charge < -0.3 is 9.64 Å². The van der Waals surface area contributed by atoms with Gasteiger partial charge in [-0.2, -0.15) is 0 Å². The smallest absolute Gasteiger partial charge is 0.252 e. The molecule has 98 valence electrons. The molecule has 0 spiro atoms. The van der Waals surface area contributed by atoms with Crippen LogP contribution in [0.2, 0.25) is 4.34 Å². The fraction of sp³-hybridized carbons (Fsp3) is 0.462. The number of hydrogen-bond donors (Lipinski definition) is 0. The molecule has 1 saturated heterocycles. The first-order chi connectivity index (χ1) is 8.70. The zero-order valence-electron chi connectivity index (χ0n) is 10.1. The van der Waals surface area contributed by atoms with Gasteiger partial charge in [-0.25, -0.2) is 0 Å². The molecule has 1 atom stereocenters. The summed E-state index contributed by atoms with van der Waals surface area (Å²) in [6.07, 6.45) is 3.24. The lowest BCUT2D eigenvalue weighted by Gasteiger charge is -2.23. The van der Waals surface area contributed by atoms with Crippen molar-refractivity contribution in [1.29, 1.82) is 0 Å². The number of carbonyl (C=O) groups is 1. The minimum Gasteiger partial charge on any atom is -0.368 e. The van der Waals surface area contributed by atoms with Gasteiger partial charge >= 0.3 is 0 Å². The molecule has 3 nitrogen and oxygen atoms in total. The van der Waals surface area contributed by atoms with Gasteiger partial charge in [-0.05, 0) is 25.0 Å². The summed E-state index contributed by atoms with van der Waals surface area (Å²) in [4.78, 5) is 15.1. The number of amides is 1. The first-order valence-electron chi connectivity index (χ1n) is 5.96. The molecule has 1 aromatic heterocycles. The highest BCUT2D eigenvalue weighted by atomic mass is 35.5. The van der Waals surface area contributed by atoms with Crippen molar-refractivity contribution < 1.29 is 9.53 Å². The first kappa shape index (κ1) is 13.6. The topological polar surface area (TPSA) is 29.5 Å². The van der Waals surface area contributed by atoms with Crippen LogP contribution in [0.15, 0.2) is 24.8 Å². The molecule has 1 unspecified atom stereocenters. The summed E-state index contributed by atoms with van der Waals surface area (Å²) in [6.45, 7) is 5.49. The Bertz CT molecular complexity index is 426. The second kappa shape index (κ2) is 6.36. The number of rotatable bonds is 5. The lowest BCUT2D eigenvalue weighted by atomic mass is 10.2. The van der Waals surface area contributed by atoms with Crippen molar-refractivity contribution in [2.24, 2.45) is 0 Å². The summed E-state index contributed by atoms with van der Waals surface area (Å²) in [7, 11) is 0. The van der Waals surface area contributed by atoms with Gasteiger partial charge in [-0.3, -0.25) is 4.79 Å². The van der Waals surface area contributed by atoms with Gasteiger partial charge in [-0.15, -0.1) is 17.9 Å². The van der Waals surface area contributed by atoms with E-state index >= 15 is 0 Å². The molecule has 1 fully saturated rings. The molecule has 0 radical (unpaired) electrons. The van der Waals surface area contributed by atoms with E-state index in [4.69, 9.17) is 16.3 Å². The maximum atomic E-state index is 12.3. The maximum absolute atomic E-state index is 12.3. The highest BCUT2D eigenvalue weighted by Crippen LogP contribution is 2.24. The lowest BCUT2D eigenvalue weighted by molar-refractivity contribution is -0.140. The van der Waals surface area contributed by atoms with E-state index < -0.39 is 0 Å². The molecule has 1 aromatic rings. The summed E-state index contributed by atoms with van der Waals surface area (Å²) in [5, 5.41) is 0. The molecule has 18 heavy (non-hydrogen) atoms. The Balaban J connectivity index is 2.02. The van der Waals surface area contributed by atoms with Crippen LogP contribution < -0.4 is 0 Å². The Morgan fingerprint density at radius 2 is 2.50 bits per heavy atom. The van der Waals surface area contributed by atoms with Crippen molar-refractivity contribution in [3.63, 3.8) is 0 Å². The third-order valence-corrected chi connectivity index (χ3v) is 4.06. The molecule has 0 aromatic carbocycles. The Morgan fingerprint density at radius 3 is 3.06 bits per heavy atom. The molecule has 0 bridgehead atoms. The molecule has 0 N–H and O–H groups in total. The number of halogens is 1. The molecule has 1 amide bonds. The molecule has 0 saturated carbocycles. The summed E-state index contributed by atoms with van der Waals surface area (Å²) < 4.78 is 6.18. The fourth-order valence-electron chi connectivity index (χ4n) is 1.99.